The number of fused-ring (bicyclic) bond motifs is 1. The lowest BCUT2D eigenvalue weighted by atomic mass is 9.85. The molecule has 0 saturated carbocycles. The van der Waals surface area contributed by atoms with Crippen molar-refractivity contribution in [1.82, 2.24) is 0 Å². The minimum absolute atomic E-state index is 0.178. The summed E-state index contributed by atoms with van der Waals surface area (Å²) in [6, 6.07) is 11.1. The van der Waals surface area contributed by atoms with Gasteiger partial charge in [-0.3, -0.25) is 14.6 Å². The third kappa shape index (κ3) is 4.71. The molecule has 2 aromatic rings. The summed E-state index contributed by atoms with van der Waals surface area (Å²) in [5.41, 5.74) is 3.13. The van der Waals surface area contributed by atoms with Gasteiger partial charge in [-0.2, -0.15) is 0 Å². The molecule has 0 unspecified atom stereocenters. The van der Waals surface area contributed by atoms with Crippen molar-refractivity contribution in [1.29, 1.82) is 0 Å². The number of hydrogen-bond donors (Lipinski definition) is 4. The molecule has 2 aliphatic rings. The highest BCUT2D eigenvalue weighted by Crippen LogP contribution is 2.45. The number of rotatable bonds is 4. The first-order chi connectivity index (χ1) is 15.4. The lowest BCUT2D eigenvalue weighted by Gasteiger charge is -2.44. The molecule has 0 radical (unpaired) electrons. The molecule has 32 heavy (non-hydrogen) atoms. The Morgan fingerprint density at radius 1 is 1.06 bits per heavy atom. The van der Waals surface area contributed by atoms with Crippen molar-refractivity contribution in [3.8, 4) is 0 Å². The Morgan fingerprint density at radius 2 is 1.72 bits per heavy atom. The maximum atomic E-state index is 11.8. The van der Waals surface area contributed by atoms with Gasteiger partial charge in [0.1, 0.15) is 5.84 Å². The van der Waals surface area contributed by atoms with Crippen molar-refractivity contribution in [3.63, 3.8) is 0 Å². The van der Waals surface area contributed by atoms with E-state index in [1.54, 1.807) is 12.1 Å². The third-order valence-electron chi connectivity index (χ3n) is 5.54. The minimum atomic E-state index is -0.480. The van der Waals surface area contributed by atoms with Crippen LogP contribution >= 0.6 is 11.6 Å². The lowest BCUT2D eigenvalue weighted by Crippen LogP contribution is -2.56. The van der Waals surface area contributed by atoms with Crippen LogP contribution in [0.5, 0.6) is 0 Å². The second-order valence-corrected chi connectivity index (χ2v) is 8.45. The number of carbonyl (C=O) groups excluding carboxylic acids is 2. The van der Waals surface area contributed by atoms with Crippen LogP contribution in [0.15, 0.2) is 41.4 Å². The fraction of sp³-hybridized carbons (Fsp3) is 0.348. The normalized spacial score (nSPS) is 17.8. The first-order valence-electron chi connectivity index (χ1n) is 10.5. The van der Waals surface area contributed by atoms with E-state index in [0.29, 0.717) is 54.7 Å². The summed E-state index contributed by atoms with van der Waals surface area (Å²) >= 11 is 6.14. The van der Waals surface area contributed by atoms with Crippen LogP contribution in [-0.4, -0.2) is 36.4 Å². The van der Waals surface area contributed by atoms with Crippen molar-refractivity contribution in [2.24, 2.45) is 4.99 Å². The van der Waals surface area contributed by atoms with Gasteiger partial charge in [-0.05, 0) is 29.8 Å². The number of amides is 2. The molecule has 168 valence electrons. The molecule has 1 spiro atoms. The van der Waals surface area contributed by atoms with E-state index in [0.717, 1.165) is 17.1 Å². The topological polar surface area (TPSA) is 104 Å². The lowest BCUT2D eigenvalue weighted by molar-refractivity contribution is -0.115. The van der Waals surface area contributed by atoms with Crippen molar-refractivity contribution in [2.45, 2.75) is 38.8 Å². The zero-order chi connectivity index (χ0) is 22.7. The van der Waals surface area contributed by atoms with Crippen LogP contribution in [-0.2, 0) is 20.9 Å². The smallest absolute Gasteiger partial charge is 0.221 e. The van der Waals surface area contributed by atoms with Gasteiger partial charge >= 0.3 is 0 Å². The monoisotopic (exact) mass is 455 g/mol. The SMILES string of the molecule is CC(=O)Nc1ccc(NC(C)=O)c2c1NC(=NCc1cccc(Cl)c1)C1(CCOCC1)N2. The van der Waals surface area contributed by atoms with Crippen LogP contribution < -0.4 is 21.3 Å². The molecule has 2 amide bonds. The first kappa shape index (κ1) is 22.1. The molecule has 1 fully saturated rings. The van der Waals surface area contributed by atoms with Gasteiger partial charge in [-0.15, -0.1) is 0 Å². The molecule has 0 aliphatic carbocycles. The number of amidine groups is 1. The molecule has 2 aliphatic heterocycles. The van der Waals surface area contributed by atoms with Crippen molar-refractivity contribution in [3.05, 3.63) is 47.0 Å². The van der Waals surface area contributed by atoms with E-state index < -0.39 is 5.54 Å². The third-order valence-corrected chi connectivity index (χ3v) is 5.78. The van der Waals surface area contributed by atoms with Crippen LogP contribution in [0.4, 0.5) is 22.7 Å². The fourth-order valence-corrected chi connectivity index (χ4v) is 4.28. The molecule has 4 N–H and O–H groups in total. The first-order valence-corrected chi connectivity index (χ1v) is 10.9. The Labute approximate surface area is 191 Å². The van der Waals surface area contributed by atoms with Gasteiger partial charge in [-0.1, -0.05) is 23.7 Å². The highest BCUT2D eigenvalue weighted by atomic mass is 35.5. The average Bonchev–Trinajstić information content (AvgIpc) is 2.74. The predicted octanol–water partition coefficient (Wildman–Crippen LogP) is 4.24. The van der Waals surface area contributed by atoms with Crippen molar-refractivity contribution >= 4 is 52.0 Å². The minimum Gasteiger partial charge on any atom is -0.381 e. The van der Waals surface area contributed by atoms with Crippen LogP contribution in [0.1, 0.15) is 32.3 Å². The Hall–Kier alpha value is -3.10. The molecule has 9 heteroatoms. The average molecular weight is 456 g/mol. The van der Waals surface area contributed by atoms with Crippen LogP contribution in [0.2, 0.25) is 5.02 Å². The Bertz CT molecular complexity index is 1080. The Balaban J connectivity index is 1.78. The zero-order valence-corrected chi connectivity index (χ0v) is 18.8. The van der Waals surface area contributed by atoms with Gasteiger partial charge < -0.3 is 26.0 Å². The molecule has 2 heterocycles. The molecule has 2 aromatic carbocycles. The molecule has 0 atom stereocenters. The summed E-state index contributed by atoms with van der Waals surface area (Å²) in [4.78, 5) is 28.5. The van der Waals surface area contributed by atoms with E-state index >= 15 is 0 Å². The quantitative estimate of drug-likeness (QED) is 0.552. The largest absolute Gasteiger partial charge is 0.381 e. The second-order valence-electron chi connectivity index (χ2n) is 8.01. The van der Waals surface area contributed by atoms with Crippen molar-refractivity contribution < 1.29 is 14.3 Å². The standard InChI is InChI=1S/C23H26ClN5O3/c1-14(30)26-18-6-7-19(27-15(2)31)21-20(18)28-22(23(29-21)8-10-32-11-9-23)25-13-16-4-3-5-17(24)12-16/h3-7,12,29H,8-11,13H2,1-2H3,(H,25,28)(H,26,30)(H,27,31). The van der Waals surface area contributed by atoms with E-state index in [9.17, 15) is 9.59 Å². The highest BCUT2D eigenvalue weighted by molar-refractivity contribution is 6.30. The van der Waals surface area contributed by atoms with E-state index in [-0.39, 0.29) is 11.8 Å². The number of halogens is 1. The van der Waals surface area contributed by atoms with Crippen LogP contribution in [0, 0.1) is 0 Å². The van der Waals surface area contributed by atoms with Gasteiger partial charge in [0, 0.05) is 44.9 Å². The number of ether oxygens (including phenoxy) is 1. The van der Waals surface area contributed by atoms with Gasteiger partial charge in [-0.25, -0.2) is 0 Å². The van der Waals surface area contributed by atoms with Gasteiger partial charge in [0.05, 0.1) is 34.8 Å². The van der Waals surface area contributed by atoms with E-state index in [1.165, 1.54) is 13.8 Å². The van der Waals surface area contributed by atoms with Crippen molar-refractivity contribution in [2.75, 3.05) is 34.5 Å². The molecule has 0 bridgehead atoms. The number of nitrogens with zero attached hydrogens (tertiary/aromatic N) is 1. The molecule has 8 nitrogen and oxygen atoms in total. The number of hydrogen-bond acceptors (Lipinski definition) is 5. The summed E-state index contributed by atoms with van der Waals surface area (Å²) in [7, 11) is 0. The highest BCUT2D eigenvalue weighted by Gasteiger charge is 2.43. The number of anilines is 4. The summed E-state index contributed by atoms with van der Waals surface area (Å²) in [5.74, 6) is 0.396. The van der Waals surface area contributed by atoms with Gasteiger partial charge in [0.2, 0.25) is 11.8 Å². The Kier molecular flexibility index (Phi) is 6.34. The second kappa shape index (κ2) is 9.18. The van der Waals surface area contributed by atoms with Gasteiger partial charge in [0.25, 0.3) is 0 Å². The zero-order valence-electron chi connectivity index (χ0n) is 18.0. The summed E-state index contributed by atoms with van der Waals surface area (Å²) in [6.07, 6.45) is 1.41. The summed E-state index contributed by atoms with van der Waals surface area (Å²) in [5, 5.41) is 13.5. The number of aliphatic imine (C=N–C) groups is 1. The van der Waals surface area contributed by atoms with Crippen LogP contribution in [0.25, 0.3) is 0 Å². The Morgan fingerprint density at radius 3 is 2.34 bits per heavy atom. The molecule has 4 rings (SSSR count). The predicted molar refractivity (Wildman–Crippen MR) is 128 cm³/mol. The molecular formula is C23H26ClN5O3. The molecular weight excluding hydrogens is 430 g/mol. The fourth-order valence-electron chi connectivity index (χ4n) is 4.06. The van der Waals surface area contributed by atoms with E-state index in [4.69, 9.17) is 21.3 Å². The number of benzene rings is 2. The summed E-state index contributed by atoms with van der Waals surface area (Å²) in [6.45, 7) is 4.54. The van der Waals surface area contributed by atoms with Gasteiger partial charge in [0.15, 0.2) is 0 Å². The summed E-state index contributed by atoms with van der Waals surface area (Å²) < 4.78 is 5.62. The maximum Gasteiger partial charge on any atom is 0.221 e. The van der Waals surface area contributed by atoms with E-state index in [1.807, 2.05) is 24.3 Å². The van der Waals surface area contributed by atoms with E-state index in [2.05, 4.69) is 21.3 Å². The maximum absolute atomic E-state index is 11.8. The number of nitrogens with one attached hydrogen (secondary N) is 4. The molecule has 1 saturated heterocycles. The van der Waals surface area contributed by atoms with Crippen LogP contribution in [0.3, 0.4) is 0 Å². The number of carbonyl (C=O) groups is 2. The molecule has 0 aromatic heterocycles.